The Morgan fingerprint density at radius 2 is 1.71 bits per heavy atom. The van der Waals surface area contributed by atoms with Crippen molar-refractivity contribution in [2.45, 2.75) is 53.5 Å². The molecule has 114 valence electrons. The monoisotopic (exact) mass is 301 g/mol. The van der Waals surface area contributed by atoms with Crippen molar-refractivity contribution in [1.29, 1.82) is 0 Å². The van der Waals surface area contributed by atoms with Crippen LogP contribution in [0.1, 0.15) is 58.8 Å². The second-order valence-corrected chi connectivity index (χ2v) is 6.90. The predicted molar refractivity (Wildman–Crippen MR) is 94.5 cm³/mol. The number of nitrogens with one attached hydrogen (secondary N) is 1. The highest BCUT2D eigenvalue weighted by atomic mass is 32.1. The lowest BCUT2D eigenvalue weighted by Crippen LogP contribution is -2.21. The van der Waals surface area contributed by atoms with Crippen LogP contribution in [-0.4, -0.2) is 6.54 Å². The van der Waals surface area contributed by atoms with Crippen molar-refractivity contribution in [3.63, 3.8) is 0 Å². The summed E-state index contributed by atoms with van der Waals surface area (Å²) in [6.07, 6.45) is 2.23. The number of aryl methyl sites for hydroxylation is 4. The minimum Gasteiger partial charge on any atom is -0.306 e. The summed E-state index contributed by atoms with van der Waals surface area (Å²) in [6.45, 7) is 12.1. The van der Waals surface area contributed by atoms with E-state index in [0.29, 0.717) is 6.04 Å². The van der Waals surface area contributed by atoms with E-state index in [1.807, 2.05) is 11.3 Å². The van der Waals surface area contributed by atoms with Gasteiger partial charge in [0.2, 0.25) is 0 Å². The molecule has 1 nitrogen and oxygen atoms in total. The summed E-state index contributed by atoms with van der Waals surface area (Å²) < 4.78 is 0. The first-order chi connectivity index (χ1) is 10.1. The van der Waals surface area contributed by atoms with E-state index in [4.69, 9.17) is 0 Å². The summed E-state index contributed by atoms with van der Waals surface area (Å²) in [4.78, 5) is 2.85. The van der Waals surface area contributed by atoms with Crippen LogP contribution in [0, 0.1) is 13.8 Å². The lowest BCUT2D eigenvalue weighted by molar-refractivity contribution is 0.638. The van der Waals surface area contributed by atoms with Crippen LogP contribution in [0.25, 0.3) is 0 Å². The van der Waals surface area contributed by atoms with Crippen LogP contribution < -0.4 is 5.32 Å². The van der Waals surface area contributed by atoms with E-state index < -0.39 is 0 Å². The maximum absolute atomic E-state index is 3.65. The molecule has 1 N–H and O–H groups in total. The highest BCUT2D eigenvalue weighted by Gasteiger charge is 2.17. The van der Waals surface area contributed by atoms with E-state index in [1.165, 1.54) is 32.0 Å². The van der Waals surface area contributed by atoms with Crippen molar-refractivity contribution >= 4 is 11.3 Å². The topological polar surface area (TPSA) is 12.0 Å². The van der Waals surface area contributed by atoms with Gasteiger partial charge in [-0.3, -0.25) is 0 Å². The van der Waals surface area contributed by atoms with E-state index in [2.05, 4.69) is 64.2 Å². The summed E-state index contributed by atoms with van der Waals surface area (Å²) in [5.41, 5.74) is 5.77. The van der Waals surface area contributed by atoms with Crippen molar-refractivity contribution in [1.82, 2.24) is 5.32 Å². The van der Waals surface area contributed by atoms with Crippen molar-refractivity contribution in [3.05, 3.63) is 56.3 Å². The SMILES string of the molecule is CCNC(c1ccc(CC)c(CC)c1)c1cc(C)c(C)s1. The lowest BCUT2D eigenvalue weighted by atomic mass is 9.96. The first-order valence-corrected chi connectivity index (χ1v) is 8.84. The van der Waals surface area contributed by atoms with Gasteiger partial charge in [-0.25, -0.2) is 0 Å². The average molecular weight is 301 g/mol. The van der Waals surface area contributed by atoms with Crippen molar-refractivity contribution < 1.29 is 0 Å². The van der Waals surface area contributed by atoms with Crippen LogP contribution in [0.3, 0.4) is 0 Å². The fourth-order valence-corrected chi connectivity index (χ4v) is 3.98. The van der Waals surface area contributed by atoms with Gasteiger partial charge in [-0.2, -0.15) is 0 Å². The zero-order valence-corrected chi connectivity index (χ0v) is 14.7. The summed E-state index contributed by atoms with van der Waals surface area (Å²) in [5.74, 6) is 0. The standard InChI is InChI=1S/C19H27NS/c1-6-15-9-10-17(12-16(15)7-2)19(20-8-3)18-11-13(4)14(5)21-18/h9-12,19-20H,6-8H2,1-5H3. The molecule has 0 aliphatic rings. The molecule has 1 heterocycles. The van der Waals surface area contributed by atoms with Crippen molar-refractivity contribution in [2.24, 2.45) is 0 Å². The molecule has 1 aromatic carbocycles. The number of hydrogen-bond acceptors (Lipinski definition) is 2. The largest absolute Gasteiger partial charge is 0.306 e. The van der Waals surface area contributed by atoms with Crippen LogP contribution in [0.15, 0.2) is 24.3 Å². The third-order valence-electron chi connectivity index (χ3n) is 4.20. The molecule has 0 bridgehead atoms. The molecule has 0 saturated carbocycles. The smallest absolute Gasteiger partial charge is 0.0671 e. The molecule has 0 radical (unpaired) electrons. The van der Waals surface area contributed by atoms with Gasteiger partial charge in [0.1, 0.15) is 0 Å². The Morgan fingerprint density at radius 1 is 1.00 bits per heavy atom. The van der Waals surface area contributed by atoms with Gasteiger partial charge in [0.25, 0.3) is 0 Å². The van der Waals surface area contributed by atoms with Crippen molar-refractivity contribution in [2.75, 3.05) is 6.54 Å². The van der Waals surface area contributed by atoms with Crippen LogP contribution in [-0.2, 0) is 12.8 Å². The first kappa shape index (κ1) is 16.3. The Labute approximate surface area is 133 Å². The van der Waals surface area contributed by atoms with Crippen LogP contribution in [0.2, 0.25) is 0 Å². The normalized spacial score (nSPS) is 12.6. The summed E-state index contributed by atoms with van der Waals surface area (Å²) in [6, 6.07) is 9.67. The molecule has 2 rings (SSSR count). The van der Waals surface area contributed by atoms with E-state index in [-0.39, 0.29) is 0 Å². The fourth-order valence-electron chi connectivity index (χ4n) is 2.83. The van der Waals surface area contributed by atoms with Gasteiger partial charge in [0, 0.05) is 9.75 Å². The molecule has 2 aromatic rings. The second-order valence-electron chi connectivity index (χ2n) is 5.61. The summed E-state index contributed by atoms with van der Waals surface area (Å²) in [5, 5.41) is 3.65. The van der Waals surface area contributed by atoms with E-state index in [1.54, 1.807) is 0 Å². The molecule has 1 unspecified atom stereocenters. The van der Waals surface area contributed by atoms with Gasteiger partial charge in [-0.1, -0.05) is 39.0 Å². The summed E-state index contributed by atoms with van der Waals surface area (Å²) in [7, 11) is 0. The molecule has 21 heavy (non-hydrogen) atoms. The Hall–Kier alpha value is -1.12. The molecule has 1 aromatic heterocycles. The van der Waals surface area contributed by atoms with Gasteiger partial charge in [0.05, 0.1) is 6.04 Å². The lowest BCUT2D eigenvalue weighted by Gasteiger charge is -2.19. The van der Waals surface area contributed by atoms with Gasteiger partial charge < -0.3 is 5.32 Å². The fraction of sp³-hybridized carbons (Fsp3) is 0.474. The highest BCUT2D eigenvalue weighted by Crippen LogP contribution is 2.31. The first-order valence-electron chi connectivity index (χ1n) is 8.02. The van der Waals surface area contributed by atoms with Gasteiger partial charge in [0.15, 0.2) is 0 Å². The number of benzene rings is 1. The molecular formula is C19H27NS. The molecule has 0 aliphatic heterocycles. The third-order valence-corrected chi connectivity index (χ3v) is 5.42. The van der Waals surface area contributed by atoms with Gasteiger partial charge in [-0.05, 0) is 61.6 Å². The molecular weight excluding hydrogens is 274 g/mol. The van der Waals surface area contributed by atoms with E-state index in [0.717, 1.165) is 19.4 Å². The van der Waals surface area contributed by atoms with Crippen LogP contribution in [0.5, 0.6) is 0 Å². The Kier molecular flexibility index (Phi) is 5.60. The van der Waals surface area contributed by atoms with E-state index >= 15 is 0 Å². The molecule has 0 aliphatic carbocycles. The molecule has 0 saturated heterocycles. The minimum absolute atomic E-state index is 0.323. The number of rotatable bonds is 6. The second kappa shape index (κ2) is 7.24. The quantitative estimate of drug-likeness (QED) is 0.774. The molecule has 0 fully saturated rings. The highest BCUT2D eigenvalue weighted by molar-refractivity contribution is 7.12. The Morgan fingerprint density at radius 3 is 2.24 bits per heavy atom. The minimum atomic E-state index is 0.323. The molecule has 1 atom stereocenters. The molecule has 2 heteroatoms. The number of hydrogen-bond donors (Lipinski definition) is 1. The third kappa shape index (κ3) is 3.56. The Bertz CT molecular complexity index is 578. The average Bonchev–Trinajstić information content (AvgIpc) is 2.83. The Balaban J connectivity index is 2.42. The summed E-state index contributed by atoms with van der Waals surface area (Å²) >= 11 is 1.92. The zero-order chi connectivity index (χ0) is 15.4. The predicted octanol–water partition coefficient (Wildman–Crippen LogP) is 5.19. The maximum Gasteiger partial charge on any atom is 0.0671 e. The zero-order valence-electron chi connectivity index (χ0n) is 13.9. The van der Waals surface area contributed by atoms with Gasteiger partial charge >= 0.3 is 0 Å². The van der Waals surface area contributed by atoms with Crippen LogP contribution >= 0.6 is 11.3 Å². The van der Waals surface area contributed by atoms with Gasteiger partial charge in [-0.15, -0.1) is 11.3 Å². The van der Waals surface area contributed by atoms with E-state index in [9.17, 15) is 0 Å². The molecule has 0 spiro atoms. The number of thiophene rings is 1. The van der Waals surface area contributed by atoms with Crippen LogP contribution in [0.4, 0.5) is 0 Å². The molecule has 0 amide bonds. The van der Waals surface area contributed by atoms with Crippen molar-refractivity contribution in [3.8, 4) is 0 Å². The maximum atomic E-state index is 3.65.